The first-order valence-electron chi connectivity index (χ1n) is 9.98. The lowest BCUT2D eigenvalue weighted by Crippen LogP contribution is -2.34. The number of amides is 1. The summed E-state index contributed by atoms with van der Waals surface area (Å²) in [5.74, 6) is -0.635. The van der Waals surface area contributed by atoms with E-state index < -0.39 is 17.7 Å². The Labute approximate surface area is 176 Å². The molecule has 2 aromatic rings. The van der Waals surface area contributed by atoms with Crippen molar-refractivity contribution < 1.29 is 32.6 Å². The molecule has 1 aromatic carbocycles. The monoisotopic (exact) mass is 437 g/mol. The molecule has 2 aliphatic rings. The third-order valence-corrected chi connectivity index (χ3v) is 6.06. The number of aryl methyl sites for hydroxylation is 1. The van der Waals surface area contributed by atoms with Crippen molar-refractivity contribution in [3.8, 4) is 0 Å². The van der Waals surface area contributed by atoms with E-state index in [0.29, 0.717) is 18.7 Å². The van der Waals surface area contributed by atoms with Gasteiger partial charge in [-0.3, -0.25) is 0 Å². The Hall–Kier alpha value is -2.88. The smallest absolute Gasteiger partial charge is 0.416 e. The molecule has 3 atom stereocenters. The van der Waals surface area contributed by atoms with Crippen LogP contribution in [0.4, 0.5) is 18.0 Å². The number of rotatable bonds is 4. The number of aromatic nitrogens is 2. The Kier molecular flexibility index (Phi) is 5.50. The summed E-state index contributed by atoms with van der Waals surface area (Å²) in [6.07, 6.45) is -1.47. The van der Waals surface area contributed by atoms with Gasteiger partial charge in [0.25, 0.3) is 0 Å². The number of aromatic carboxylic acids is 1. The Balaban J connectivity index is 1.29. The molecule has 1 N–H and O–H groups in total. The van der Waals surface area contributed by atoms with E-state index in [9.17, 15) is 22.8 Å². The lowest BCUT2D eigenvalue weighted by molar-refractivity contribution is -0.138. The van der Waals surface area contributed by atoms with Crippen LogP contribution >= 0.6 is 0 Å². The van der Waals surface area contributed by atoms with Crippen LogP contribution in [0.3, 0.4) is 0 Å². The summed E-state index contributed by atoms with van der Waals surface area (Å²) < 4.78 is 45.7. The standard InChI is InChI=1S/C21H22F3N3O4/c1-12-6-13(2-3-17(12)21(22,23)24)11-31-16-7-14-9-26(10-15(14)8-16)20(30)27-5-4-18(25-27)19(28)29/h2-6,14-16H,7-11H2,1H3,(H,28,29)/t14-,15+,16+. The number of ether oxygens (including phenoxy) is 1. The van der Waals surface area contributed by atoms with Gasteiger partial charge >= 0.3 is 18.2 Å². The number of carbonyl (C=O) groups excluding carboxylic acids is 1. The number of carboxylic acids is 1. The predicted octanol–water partition coefficient (Wildman–Crippen LogP) is 3.80. The van der Waals surface area contributed by atoms with Crippen LogP contribution in [-0.2, 0) is 17.5 Å². The molecule has 2 fully saturated rings. The van der Waals surface area contributed by atoms with E-state index in [1.807, 2.05) is 0 Å². The van der Waals surface area contributed by atoms with Gasteiger partial charge < -0.3 is 14.7 Å². The summed E-state index contributed by atoms with van der Waals surface area (Å²) in [5, 5.41) is 12.7. The van der Waals surface area contributed by atoms with Crippen molar-refractivity contribution in [3.63, 3.8) is 0 Å². The molecule has 1 amide bonds. The van der Waals surface area contributed by atoms with Crippen LogP contribution in [-0.4, -0.2) is 51.0 Å². The molecule has 0 unspecified atom stereocenters. The van der Waals surface area contributed by atoms with Crippen LogP contribution in [0.1, 0.15) is 40.0 Å². The maximum Gasteiger partial charge on any atom is 0.416 e. The van der Waals surface area contributed by atoms with Crippen molar-refractivity contribution in [3.05, 3.63) is 52.8 Å². The minimum absolute atomic E-state index is 0.00170. The fourth-order valence-corrected chi connectivity index (χ4v) is 4.57. The van der Waals surface area contributed by atoms with Crippen molar-refractivity contribution in [1.29, 1.82) is 0 Å². The summed E-state index contributed by atoms with van der Waals surface area (Å²) in [6.45, 7) is 2.78. The number of carboxylic acid groups (broad SMARTS) is 1. The Bertz CT molecular complexity index is 990. The van der Waals surface area contributed by atoms with Gasteiger partial charge in [-0.1, -0.05) is 12.1 Å². The predicted molar refractivity (Wildman–Crippen MR) is 103 cm³/mol. The van der Waals surface area contributed by atoms with Crippen LogP contribution < -0.4 is 0 Å². The number of halogens is 3. The zero-order valence-electron chi connectivity index (χ0n) is 16.8. The number of likely N-dealkylation sites (tertiary alicyclic amines) is 1. The van der Waals surface area contributed by atoms with Gasteiger partial charge in [0.1, 0.15) is 0 Å². The molecule has 7 nitrogen and oxygen atoms in total. The average Bonchev–Trinajstić information content (AvgIpc) is 3.39. The average molecular weight is 437 g/mol. The number of fused-ring (bicyclic) bond motifs is 1. The molecule has 1 aliphatic carbocycles. The number of hydrogen-bond donors (Lipinski definition) is 1. The molecule has 1 aromatic heterocycles. The van der Waals surface area contributed by atoms with Crippen LogP contribution in [0.25, 0.3) is 0 Å². The van der Waals surface area contributed by atoms with Gasteiger partial charge in [0.15, 0.2) is 5.69 Å². The molecule has 31 heavy (non-hydrogen) atoms. The van der Waals surface area contributed by atoms with Gasteiger partial charge in [0, 0.05) is 19.3 Å². The van der Waals surface area contributed by atoms with E-state index >= 15 is 0 Å². The van der Waals surface area contributed by atoms with Gasteiger partial charge in [-0.15, -0.1) is 0 Å². The maximum absolute atomic E-state index is 12.9. The molecule has 2 heterocycles. The first kappa shape index (κ1) is 21.4. The van der Waals surface area contributed by atoms with E-state index in [4.69, 9.17) is 9.84 Å². The zero-order chi connectivity index (χ0) is 22.3. The fourth-order valence-electron chi connectivity index (χ4n) is 4.57. The lowest BCUT2D eigenvalue weighted by Gasteiger charge is -2.19. The van der Waals surface area contributed by atoms with Crippen molar-refractivity contribution in [2.24, 2.45) is 11.8 Å². The van der Waals surface area contributed by atoms with Crippen LogP contribution in [0.2, 0.25) is 0 Å². The minimum atomic E-state index is -4.36. The molecule has 0 spiro atoms. The first-order valence-corrected chi connectivity index (χ1v) is 9.98. The second-order valence-electron chi connectivity index (χ2n) is 8.21. The highest BCUT2D eigenvalue weighted by atomic mass is 19.4. The molecule has 1 saturated carbocycles. The van der Waals surface area contributed by atoms with E-state index in [2.05, 4.69) is 5.10 Å². The molecular weight excluding hydrogens is 415 g/mol. The summed E-state index contributed by atoms with van der Waals surface area (Å²) in [4.78, 5) is 25.2. The van der Waals surface area contributed by atoms with Gasteiger partial charge in [-0.2, -0.15) is 23.0 Å². The maximum atomic E-state index is 12.9. The highest BCUT2D eigenvalue weighted by Gasteiger charge is 2.43. The number of nitrogens with zero attached hydrogens (tertiary/aromatic N) is 3. The van der Waals surface area contributed by atoms with E-state index in [0.717, 1.165) is 23.6 Å². The fraction of sp³-hybridized carbons (Fsp3) is 0.476. The molecule has 0 bridgehead atoms. The Morgan fingerprint density at radius 3 is 2.42 bits per heavy atom. The molecule has 1 saturated heterocycles. The van der Waals surface area contributed by atoms with E-state index in [1.165, 1.54) is 31.3 Å². The third kappa shape index (κ3) is 4.43. The lowest BCUT2D eigenvalue weighted by atomic mass is 10.0. The highest BCUT2D eigenvalue weighted by Crippen LogP contribution is 2.40. The summed E-state index contributed by atoms with van der Waals surface area (Å²) in [5.41, 5.74) is 0.0618. The SMILES string of the molecule is Cc1cc(CO[C@H]2C[C@@H]3CN(C(=O)n4ccc(C(=O)O)n4)C[C@@H]3C2)ccc1C(F)(F)F. The zero-order valence-corrected chi connectivity index (χ0v) is 16.8. The van der Waals surface area contributed by atoms with Gasteiger partial charge in [0.05, 0.1) is 18.3 Å². The number of hydrogen-bond acceptors (Lipinski definition) is 4. The van der Waals surface area contributed by atoms with E-state index in [-0.39, 0.29) is 41.8 Å². The summed E-state index contributed by atoms with van der Waals surface area (Å²) >= 11 is 0. The molecule has 1 aliphatic heterocycles. The number of benzene rings is 1. The van der Waals surface area contributed by atoms with Gasteiger partial charge in [-0.25, -0.2) is 9.59 Å². The van der Waals surface area contributed by atoms with Crippen molar-refractivity contribution in [2.45, 2.75) is 38.7 Å². The van der Waals surface area contributed by atoms with Gasteiger partial charge in [-0.05, 0) is 54.9 Å². The van der Waals surface area contributed by atoms with Gasteiger partial charge in [0.2, 0.25) is 0 Å². The second kappa shape index (κ2) is 7.99. The van der Waals surface area contributed by atoms with Crippen LogP contribution in [0.5, 0.6) is 0 Å². The molecule has 4 rings (SSSR count). The minimum Gasteiger partial charge on any atom is -0.476 e. The molecular formula is C21H22F3N3O4. The van der Waals surface area contributed by atoms with Crippen molar-refractivity contribution in [2.75, 3.05) is 13.1 Å². The number of alkyl halides is 3. The first-order chi connectivity index (χ1) is 14.6. The topological polar surface area (TPSA) is 84.7 Å². The van der Waals surface area contributed by atoms with Crippen molar-refractivity contribution >= 4 is 12.0 Å². The third-order valence-electron chi connectivity index (χ3n) is 6.06. The highest BCUT2D eigenvalue weighted by molar-refractivity contribution is 5.86. The van der Waals surface area contributed by atoms with Crippen molar-refractivity contribution in [1.82, 2.24) is 14.7 Å². The van der Waals surface area contributed by atoms with E-state index in [1.54, 1.807) is 4.90 Å². The Morgan fingerprint density at radius 1 is 1.19 bits per heavy atom. The van der Waals surface area contributed by atoms with Crippen LogP contribution in [0, 0.1) is 18.8 Å². The number of carbonyl (C=O) groups is 2. The Morgan fingerprint density at radius 2 is 1.87 bits per heavy atom. The normalized spacial score (nSPS) is 23.2. The molecule has 0 radical (unpaired) electrons. The quantitative estimate of drug-likeness (QED) is 0.787. The summed E-state index contributed by atoms with van der Waals surface area (Å²) in [6, 6.07) is 4.98. The largest absolute Gasteiger partial charge is 0.476 e. The molecule has 166 valence electrons. The molecule has 10 heteroatoms. The summed E-state index contributed by atoms with van der Waals surface area (Å²) in [7, 11) is 0. The second-order valence-corrected chi connectivity index (χ2v) is 8.21. The van der Waals surface area contributed by atoms with Crippen LogP contribution in [0.15, 0.2) is 30.5 Å².